The monoisotopic (exact) mass is 606 g/mol. The first kappa shape index (κ1) is 29.4. The minimum Gasteiger partial charge on any atom is -0.477 e. The number of nitrogens with zero attached hydrogens (tertiary/aromatic N) is 3. The Hall–Kier alpha value is -3.70. The van der Waals surface area contributed by atoms with Gasteiger partial charge in [0.15, 0.2) is 5.72 Å². The largest absolute Gasteiger partial charge is 0.477 e. The zero-order chi connectivity index (χ0) is 30.7. The molecule has 1 amide bonds. The van der Waals surface area contributed by atoms with E-state index in [0.29, 0.717) is 31.0 Å². The summed E-state index contributed by atoms with van der Waals surface area (Å²) in [7, 11) is -2.34. The molecule has 1 aliphatic carbocycles. The summed E-state index contributed by atoms with van der Waals surface area (Å²) in [6, 6.07) is 14.8. The van der Waals surface area contributed by atoms with Gasteiger partial charge in [-0.1, -0.05) is 51.1 Å². The number of ether oxygens (including phenoxy) is 1. The van der Waals surface area contributed by atoms with E-state index < -0.39 is 21.8 Å². The Morgan fingerprint density at radius 2 is 1.74 bits per heavy atom. The summed E-state index contributed by atoms with van der Waals surface area (Å²) in [4.78, 5) is 33.3. The maximum atomic E-state index is 13.7. The van der Waals surface area contributed by atoms with E-state index in [0.717, 1.165) is 28.7 Å². The molecule has 2 fully saturated rings. The number of aromatic nitrogens is 2. The Morgan fingerprint density at radius 3 is 2.40 bits per heavy atom. The predicted octanol–water partition coefficient (Wildman–Crippen LogP) is 6.21. The summed E-state index contributed by atoms with van der Waals surface area (Å²) in [5, 5.41) is 0. The summed E-state index contributed by atoms with van der Waals surface area (Å²) >= 11 is 0. The van der Waals surface area contributed by atoms with Crippen LogP contribution < -0.4 is 9.46 Å². The normalized spacial score (nSPS) is 26.4. The van der Waals surface area contributed by atoms with Crippen molar-refractivity contribution in [3.63, 3.8) is 0 Å². The van der Waals surface area contributed by atoms with Gasteiger partial charge < -0.3 is 4.74 Å². The lowest BCUT2D eigenvalue weighted by atomic mass is 9.61. The number of aryl methyl sites for hydroxylation is 2. The SMILES string of the molecule is Cc1cccc(C)c1-c1cc2nc(n1)NS(=O)(=O)c1cccc(c1)C(C1CC3(C1)OOC(=O)N3C)[C@H](CC(C)(C)C)CO2. The first-order chi connectivity index (χ1) is 20.2. The van der Waals surface area contributed by atoms with Crippen molar-refractivity contribution in [3.05, 3.63) is 65.2 Å². The molecule has 3 aliphatic rings. The molecule has 1 saturated heterocycles. The molecule has 1 aromatic heterocycles. The predicted molar refractivity (Wildman–Crippen MR) is 161 cm³/mol. The van der Waals surface area contributed by atoms with Crippen LogP contribution >= 0.6 is 0 Å². The molecular weight excluding hydrogens is 568 g/mol. The highest BCUT2D eigenvalue weighted by atomic mass is 32.2. The van der Waals surface area contributed by atoms with Crippen LogP contribution in [0.1, 0.15) is 62.6 Å². The second-order valence-corrected chi connectivity index (χ2v) is 15.0. The molecule has 1 saturated carbocycles. The molecule has 11 heteroatoms. The fraction of sp³-hybridized carbons (Fsp3) is 0.469. The van der Waals surface area contributed by atoms with Crippen LogP contribution in [0.15, 0.2) is 53.4 Å². The number of carbonyl (C=O) groups is 1. The van der Waals surface area contributed by atoms with Crippen molar-refractivity contribution < 1.29 is 27.7 Å². The highest BCUT2D eigenvalue weighted by Gasteiger charge is 2.59. The van der Waals surface area contributed by atoms with Gasteiger partial charge >= 0.3 is 6.09 Å². The van der Waals surface area contributed by atoms with E-state index in [4.69, 9.17) is 14.5 Å². The molecule has 3 aromatic rings. The van der Waals surface area contributed by atoms with Crippen LogP contribution in [0.5, 0.6) is 5.88 Å². The van der Waals surface area contributed by atoms with Crippen LogP contribution in [0.3, 0.4) is 0 Å². The number of amides is 1. The molecule has 2 aromatic carbocycles. The molecule has 4 bridgehead atoms. The highest BCUT2D eigenvalue weighted by Crippen LogP contribution is 2.55. The lowest BCUT2D eigenvalue weighted by molar-refractivity contribution is -0.328. The lowest BCUT2D eigenvalue weighted by Crippen LogP contribution is -2.56. The number of hydrogen-bond acceptors (Lipinski definition) is 8. The zero-order valence-corrected chi connectivity index (χ0v) is 26.2. The number of anilines is 1. The number of nitrogens with one attached hydrogen (secondary N) is 1. The van der Waals surface area contributed by atoms with Crippen molar-refractivity contribution in [2.24, 2.45) is 17.3 Å². The van der Waals surface area contributed by atoms with Crippen LogP contribution in [-0.2, 0) is 19.8 Å². The van der Waals surface area contributed by atoms with Crippen molar-refractivity contribution in [1.29, 1.82) is 0 Å². The Bertz CT molecular complexity index is 1660. The molecule has 6 rings (SSSR count). The van der Waals surface area contributed by atoms with Crippen molar-refractivity contribution in [2.45, 2.75) is 70.4 Å². The van der Waals surface area contributed by atoms with E-state index in [1.807, 2.05) is 38.1 Å². The van der Waals surface area contributed by atoms with E-state index >= 15 is 0 Å². The molecule has 1 spiro atoms. The van der Waals surface area contributed by atoms with Crippen LogP contribution in [0, 0.1) is 31.1 Å². The van der Waals surface area contributed by atoms with Gasteiger partial charge in [-0.25, -0.2) is 22.9 Å². The van der Waals surface area contributed by atoms with E-state index in [-0.39, 0.29) is 34.0 Å². The van der Waals surface area contributed by atoms with Crippen molar-refractivity contribution in [3.8, 4) is 17.1 Å². The van der Waals surface area contributed by atoms with E-state index in [1.165, 1.54) is 4.90 Å². The molecule has 0 radical (unpaired) electrons. The van der Waals surface area contributed by atoms with Gasteiger partial charge in [0.25, 0.3) is 10.0 Å². The van der Waals surface area contributed by atoms with Gasteiger partial charge in [0.1, 0.15) is 0 Å². The lowest BCUT2D eigenvalue weighted by Gasteiger charge is -2.50. The van der Waals surface area contributed by atoms with E-state index in [1.54, 1.807) is 31.3 Å². The van der Waals surface area contributed by atoms with Gasteiger partial charge in [-0.05, 0) is 66.3 Å². The van der Waals surface area contributed by atoms with Crippen molar-refractivity contribution in [1.82, 2.24) is 14.9 Å². The first-order valence-corrected chi connectivity index (χ1v) is 16.1. The quantitative estimate of drug-likeness (QED) is 0.350. The highest BCUT2D eigenvalue weighted by molar-refractivity contribution is 7.92. The Morgan fingerprint density at radius 1 is 1.05 bits per heavy atom. The molecule has 10 nitrogen and oxygen atoms in total. The molecule has 2 atom stereocenters. The molecule has 1 unspecified atom stereocenters. The average molecular weight is 607 g/mol. The summed E-state index contributed by atoms with van der Waals surface area (Å²) in [6.07, 6.45) is 1.42. The Kier molecular flexibility index (Phi) is 7.16. The van der Waals surface area contributed by atoms with Crippen LogP contribution in [0.4, 0.5) is 10.7 Å². The molecule has 1 N–H and O–H groups in total. The second kappa shape index (κ2) is 10.5. The fourth-order valence-electron chi connectivity index (χ4n) is 6.90. The van der Waals surface area contributed by atoms with Gasteiger partial charge in [0, 0.05) is 37.4 Å². The number of sulfonamides is 1. The summed E-state index contributed by atoms with van der Waals surface area (Å²) < 4.78 is 36.5. The third-order valence-corrected chi connectivity index (χ3v) is 10.2. The minimum atomic E-state index is -4.02. The summed E-state index contributed by atoms with van der Waals surface area (Å²) in [6.45, 7) is 10.9. The second-order valence-electron chi connectivity index (χ2n) is 13.3. The van der Waals surface area contributed by atoms with Crippen LogP contribution in [0.25, 0.3) is 11.3 Å². The topological polar surface area (TPSA) is 120 Å². The molecule has 3 heterocycles. The standard InChI is InChI=1S/C32H38N4O6S/c1-19-9-7-10-20(2)27(19)25-14-26-34-29(33-25)35-43(38,39)24-12-8-11-21(13-24)28(23(18-40-26)15-31(3,4)5)22-16-32(17-22)36(6)30(37)41-42-32/h7-14,22-23,28H,15-18H2,1-6H3,(H,33,34,35)/t22?,23-,28?,32?/m1/s1. The van der Waals surface area contributed by atoms with Crippen molar-refractivity contribution >= 4 is 22.1 Å². The first-order valence-electron chi connectivity index (χ1n) is 14.6. The maximum Gasteiger partial charge on any atom is 0.443 e. The van der Waals surface area contributed by atoms with Gasteiger partial charge in [-0.2, -0.15) is 9.87 Å². The summed E-state index contributed by atoms with van der Waals surface area (Å²) in [5.74, 6) is 0.268. The Labute approximate surface area is 252 Å². The number of hydrogen-bond donors (Lipinski definition) is 1. The molecule has 43 heavy (non-hydrogen) atoms. The van der Waals surface area contributed by atoms with E-state index in [2.05, 4.69) is 35.5 Å². The molecular formula is C32H38N4O6S. The van der Waals surface area contributed by atoms with E-state index in [9.17, 15) is 13.2 Å². The minimum absolute atomic E-state index is 0.00178. The number of rotatable bonds is 3. The van der Waals surface area contributed by atoms with Crippen LogP contribution in [0.2, 0.25) is 0 Å². The maximum absolute atomic E-state index is 13.7. The number of carbonyl (C=O) groups excluding carboxylic acids is 1. The van der Waals surface area contributed by atoms with Gasteiger partial charge in [-0.3, -0.25) is 9.79 Å². The third kappa shape index (κ3) is 5.56. The smallest absolute Gasteiger partial charge is 0.443 e. The van der Waals surface area contributed by atoms with Gasteiger partial charge in [0.2, 0.25) is 11.8 Å². The van der Waals surface area contributed by atoms with Gasteiger partial charge in [0.05, 0.1) is 17.2 Å². The number of benzene rings is 2. The third-order valence-electron chi connectivity index (χ3n) is 8.87. The fourth-order valence-corrected chi connectivity index (χ4v) is 7.90. The molecule has 228 valence electrons. The van der Waals surface area contributed by atoms with Crippen LogP contribution in [-0.4, -0.2) is 48.8 Å². The number of fused-ring (bicyclic) bond motifs is 4. The average Bonchev–Trinajstić information content (AvgIpc) is 3.20. The molecule has 2 aliphatic heterocycles. The summed E-state index contributed by atoms with van der Waals surface area (Å²) in [5.41, 5.74) is 3.55. The van der Waals surface area contributed by atoms with Crippen molar-refractivity contribution in [2.75, 3.05) is 18.4 Å². The zero-order valence-electron chi connectivity index (χ0n) is 25.4. The Balaban J connectivity index is 1.46. The van der Waals surface area contributed by atoms with Gasteiger partial charge in [-0.15, -0.1) is 0 Å².